The molecular weight excluding hydrogens is 344 g/mol. The number of carbonyl (C=O) groups is 1. The summed E-state index contributed by atoms with van der Waals surface area (Å²) < 4.78 is 5.34. The third kappa shape index (κ3) is 7.77. The van der Waals surface area contributed by atoms with Crippen molar-refractivity contribution in [1.29, 1.82) is 0 Å². The number of aryl methyl sites for hydroxylation is 1. The minimum Gasteiger partial charge on any atom is -0.379 e. The molecule has 1 saturated heterocycles. The van der Waals surface area contributed by atoms with Crippen LogP contribution in [0.5, 0.6) is 0 Å². The summed E-state index contributed by atoms with van der Waals surface area (Å²) in [6.45, 7) is 17.0. The van der Waals surface area contributed by atoms with Crippen molar-refractivity contribution in [3.8, 4) is 0 Å². The minimum absolute atomic E-state index is 0.0795. The predicted molar refractivity (Wildman–Crippen MR) is 112 cm³/mol. The lowest BCUT2D eigenvalue weighted by molar-refractivity contribution is -0.112. The average Bonchev–Trinajstić information content (AvgIpc) is 2.62. The fourth-order valence-corrected chi connectivity index (χ4v) is 3.48. The van der Waals surface area contributed by atoms with Crippen LogP contribution in [0.3, 0.4) is 0 Å². The number of nitrogens with zero attached hydrogens (tertiary/aromatic N) is 1. The van der Waals surface area contributed by atoms with Gasteiger partial charge in [-0.05, 0) is 55.7 Å². The highest BCUT2D eigenvalue weighted by molar-refractivity contribution is 7.99. The van der Waals surface area contributed by atoms with Gasteiger partial charge >= 0.3 is 0 Å². The van der Waals surface area contributed by atoms with Gasteiger partial charge in [-0.2, -0.15) is 0 Å². The Bertz CT molecular complexity index is 635. The van der Waals surface area contributed by atoms with Crippen LogP contribution < -0.4 is 5.43 Å². The molecule has 26 heavy (non-hydrogen) atoms. The van der Waals surface area contributed by atoms with E-state index in [1.165, 1.54) is 10.5 Å². The van der Waals surface area contributed by atoms with E-state index in [4.69, 9.17) is 4.74 Å². The van der Waals surface area contributed by atoms with Gasteiger partial charge in [-0.1, -0.05) is 26.5 Å². The number of hydrazine groups is 1. The average molecular weight is 377 g/mol. The first-order valence-corrected chi connectivity index (χ1v) is 10.1. The van der Waals surface area contributed by atoms with Crippen molar-refractivity contribution in [2.75, 3.05) is 32.1 Å². The van der Waals surface area contributed by atoms with E-state index < -0.39 is 0 Å². The van der Waals surface area contributed by atoms with E-state index in [9.17, 15) is 4.79 Å². The highest BCUT2D eigenvalue weighted by Gasteiger charge is 2.10. The summed E-state index contributed by atoms with van der Waals surface area (Å²) in [4.78, 5) is 12.4. The monoisotopic (exact) mass is 376 g/mol. The van der Waals surface area contributed by atoms with Crippen LogP contribution in [0.1, 0.15) is 38.8 Å². The zero-order valence-corrected chi connectivity index (χ0v) is 17.5. The van der Waals surface area contributed by atoms with E-state index >= 15 is 0 Å². The van der Waals surface area contributed by atoms with Gasteiger partial charge in [-0.25, -0.2) is 5.01 Å². The molecule has 0 bridgehead atoms. The van der Waals surface area contributed by atoms with Gasteiger partial charge in [-0.3, -0.25) is 4.79 Å². The summed E-state index contributed by atoms with van der Waals surface area (Å²) in [7, 11) is 0. The van der Waals surface area contributed by atoms with Crippen molar-refractivity contribution in [3.63, 3.8) is 0 Å². The van der Waals surface area contributed by atoms with Gasteiger partial charge in [0.15, 0.2) is 5.78 Å². The zero-order valence-electron chi connectivity index (χ0n) is 16.7. The molecule has 0 aromatic heterocycles. The van der Waals surface area contributed by atoms with Crippen molar-refractivity contribution < 1.29 is 9.53 Å². The Morgan fingerprint density at radius 2 is 1.96 bits per heavy atom. The number of ketones is 1. The maximum absolute atomic E-state index is 11.2. The zero-order chi connectivity index (χ0) is 19.5. The molecule has 1 aliphatic heterocycles. The number of hydrogen-bond donors (Lipinski definition) is 1. The second kappa shape index (κ2) is 11.9. The van der Waals surface area contributed by atoms with E-state index in [-0.39, 0.29) is 5.78 Å². The van der Waals surface area contributed by atoms with Crippen LogP contribution in [0.15, 0.2) is 41.4 Å². The number of benzene rings is 1. The van der Waals surface area contributed by atoms with Crippen LogP contribution in [0, 0.1) is 6.92 Å². The molecule has 1 N–H and O–H groups in total. The fraction of sp³-hybridized carbons (Fsp3) is 0.476. The molecule has 0 unspecified atom stereocenters. The third-order valence-corrected chi connectivity index (χ3v) is 4.86. The highest BCUT2D eigenvalue weighted by Crippen LogP contribution is 2.26. The smallest absolute Gasteiger partial charge is 0.152 e. The molecule has 0 radical (unpaired) electrons. The quantitative estimate of drug-likeness (QED) is 0.562. The van der Waals surface area contributed by atoms with Gasteiger partial charge in [0.25, 0.3) is 0 Å². The maximum atomic E-state index is 11.2. The molecular formula is C21H32N2O2S. The SMILES string of the molecule is C=C(CSc1ccc(/C(C)=C\C(C)=O)c(C)c1)NN1CCOCC1.CC. The first kappa shape index (κ1) is 22.5. The van der Waals surface area contributed by atoms with Gasteiger partial charge in [0.1, 0.15) is 0 Å². The van der Waals surface area contributed by atoms with Gasteiger partial charge in [0.05, 0.1) is 13.2 Å². The van der Waals surface area contributed by atoms with Crippen LogP contribution in [0.2, 0.25) is 0 Å². The summed E-state index contributed by atoms with van der Waals surface area (Å²) in [5, 5.41) is 2.15. The summed E-state index contributed by atoms with van der Waals surface area (Å²) in [6, 6.07) is 6.36. The summed E-state index contributed by atoms with van der Waals surface area (Å²) in [6.07, 6.45) is 1.68. The molecule has 0 atom stereocenters. The Morgan fingerprint density at radius 3 is 2.54 bits per heavy atom. The lowest BCUT2D eigenvalue weighted by atomic mass is 10.0. The van der Waals surface area contributed by atoms with E-state index in [1.54, 1.807) is 24.8 Å². The Balaban J connectivity index is 0.00000163. The number of thioether (sulfide) groups is 1. The number of allylic oxidation sites excluding steroid dienone is 2. The Labute approximate surface area is 162 Å². The minimum atomic E-state index is 0.0795. The van der Waals surface area contributed by atoms with Crippen molar-refractivity contribution in [2.45, 2.75) is 39.5 Å². The van der Waals surface area contributed by atoms with Crippen LogP contribution in [0.25, 0.3) is 5.57 Å². The highest BCUT2D eigenvalue weighted by atomic mass is 32.2. The number of nitrogens with one attached hydrogen (secondary N) is 1. The fourth-order valence-electron chi connectivity index (χ4n) is 2.65. The Kier molecular flexibility index (Phi) is 10.3. The van der Waals surface area contributed by atoms with Crippen molar-refractivity contribution >= 4 is 23.1 Å². The number of carbonyl (C=O) groups excluding carboxylic acids is 1. The standard InChI is InChI=1S/C19H26N2O2S.C2H6/c1-14(11-17(4)22)19-6-5-18(12-15(19)2)24-13-16(3)20-21-7-9-23-10-8-21;1-2/h5-6,11-12,20H,3,7-10,13H2,1-2,4H3;1-2H3/b14-11-;. The lowest BCUT2D eigenvalue weighted by Gasteiger charge is -2.28. The van der Waals surface area contributed by atoms with E-state index in [1.807, 2.05) is 20.8 Å². The largest absolute Gasteiger partial charge is 0.379 e. The van der Waals surface area contributed by atoms with Crippen molar-refractivity contribution in [1.82, 2.24) is 10.4 Å². The molecule has 0 amide bonds. The number of rotatable bonds is 7. The Morgan fingerprint density at radius 1 is 1.31 bits per heavy atom. The van der Waals surface area contributed by atoms with Crippen LogP contribution in [-0.4, -0.2) is 42.8 Å². The summed E-state index contributed by atoms with van der Waals surface area (Å²) in [5.74, 6) is 0.897. The van der Waals surface area contributed by atoms with E-state index in [0.717, 1.165) is 48.9 Å². The summed E-state index contributed by atoms with van der Waals surface area (Å²) in [5.41, 5.74) is 7.66. The Hall–Kier alpha value is -1.56. The first-order valence-electron chi connectivity index (χ1n) is 9.15. The summed E-state index contributed by atoms with van der Waals surface area (Å²) >= 11 is 1.76. The maximum Gasteiger partial charge on any atom is 0.152 e. The molecule has 1 aromatic carbocycles. The second-order valence-corrected chi connectivity index (χ2v) is 7.07. The molecule has 1 heterocycles. The molecule has 1 aliphatic rings. The normalized spacial score (nSPS) is 15.0. The predicted octanol–water partition coefficient (Wildman–Crippen LogP) is 4.46. The van der Waals surface area contributed by atoms with Crippen molar-refractivity contribution in [2.24, 2.45) is 0 Å². The van der Waals surface area contributed by atoms with E-state index in [0.29, 0.717) is 0 Å². The molecule has 144 valence electrons. The molecule has 4 nitrogen and oxygen atoms in total. The molecule has 1 aromatic rings. The number of ether oxygens (including phenoxy) is 1. The van der Waals surface area contributed by atoms with Crippen molar-refractivity contribution in [3.05, 3.63) is 47.7 Å². The van der Waals surface area contributed by atoms with Gasteiger partial charge < -0.3 is 10.2 Å². The molecule has 2 rings (SSSR count). The van der Waals surface area contributed by atoms with E-state index in [2.05, 4.69) is 42.1 Å². The molecule has 0 saturated carbocycles. The van der Waals surface area contributed by atoms with Crippen LogP contribution in [0.4, 0.5) is 0 Å². The second-order valence-electron chi connectivity index (χ2n) is 6.02. The van der Waals surface area contributed by atoms with Crippen LogP contribution >= 0.6 is 11.8 Å². The molecule has 5 heteroatoms. The van der Waals surface area contributed by atoms with Gasteiger partial charge in [-0.15, -0.1) is 11.8 Å². The number of hydrogen-bond acceptors (Lipinski definition) is 5. The third-order valence-electron chi connectivity index (χ3n) is 3.78. The molecule has 0 spiro atoms. The van der Waals surface area contributed by atoms with Gasteiger partial charge in [0, 0.05) is 29.4 Å². The molecule has 0 aliphatic carbocycles. The lowest BCUT2D eigenvalue weighted by Crippen LogP contribution is -2.45. The topological polar surface area (TPSA) is 41.6 Å². The van der Waals surface area contributed by atoms with Gasteiger partial charge in [0.2, 0.25) is 0 Å². The van der Waals surface area contributed by atoms with Crippen LogP contribution in [-0.2, 0) is 9.53 Å². The first-order chi connectivity index (χ1) is 12.5. The molecule has 1 fully saturated rings. The number of morpholine rings is 1.